The van der Waals surface area contributed by atoms with E-state index in [0.717, 1.165) is 33.6 Å². The Kier molecular flexibility index (Phi) is 3.06. The highest BCUT2D eigenvalue weighted by Gasteiger charge is 2.08. The lowest BCUT2D eigenvalue weighted by Crippen LogP contribution is -1.99. The summed E-state index contributed by atoms with van der Waals surface area (Å²) < 4.78 is 7.70. The number of hydrogen-bond acceptors (Lipinski definition) is 3. The van der Waals surface area contributed by atoms with Gasteiger partial charge in [-0.3, -0.25) is 4.68 Å². The van der Waals surface area contributed by atoms with E-state index in [-0.39, 0.29) is 0 Å². The molecule has 20 heavy (non-hydrogen) atoms. The first-order valence-corrected chi connectivity index (χ1v) is 6.54. The van der Waals surface area contributed by atoms with Crippen molar-refractivity contribution in [2.24, 2.45) is 7.05 Å². The fourth-order valence-electron chi connectivity index (χ4n) is 2.28. The minimum atomic E-state index is 0.449. The van der Waals surface area contributed by atoms with Crippen molar-refractivity contribution >= 4 is 16.6 Å². The van der Waals surface area contributed by atoms with Crippen LogP contribution in [0.3, 0.4) is 0 Å². The van der Waals surface area contributed by atoms with E-state index in [1.54, 1.807) is 0 Å². The molecule has 4 heteroatoms. The van der Waals surface area contributed by atoms with Gasteiger partial charge in [-0.25, -0.2) is 0 Å². The number of aryl methyl sites for hydroxylation is 2. The van der Waals surface area contributed by atoms with E-state index in [9.17, 15) is 0 Å². The molecule has 4 nitrogen and oxygen atoms in total. The molecule has 0 spiro atoms. The number of nitrogens with zero attached hydrogens (tertiary/aromatic N) is 2. The Morgan fingerprint density at radius 3 is 2.80 bits per heavy atom. The van der Waals surface area contributed by atoms with E-state index < -0.39 is 0 Å². The van der Waals surface area contributed by atoms with Crippen molar-refractivity contribution in [2.75, 3.05) is 5.73 Å². The minimum absolute atomic E-state index is 0.449. The van der Waals surface area contributed by atoms with Crippen molar-refractivity contribution < 1.29 is 4.74 Å². The maximum absolute atomic E-state index is 5.82. The molecule has 0 radical (unpaired) electrons. The number of nitrogen functional groups attached to an aromatic ring is 1. The predicted octanol–water partition coefficient (Wildman–Crippen LogP) is 3.04. The first-order chi connectivity index (χ1) is 9.65. The molecule has 1 aromatic heterocycles. The average Bonchev–Trinajstić information content (AvgIpc) is 2.78. The van der Waals surface area contributed by atoms with Crippen LogP contribution in [0.4, 0.5) is 5.69 Å². The van der Waals surface area contributed by atoms with Crippen LogP contribution in [-0.2, 0) is 13.7 Å². The van der Waals surface area contributed by atoms with E-state index >= 15 is 0 Å². The summed E-state index contributed by atoms with van der Waals surface area (Å²) in [5.74, 6) is 0.812. The lowest BCUT2D eigenvalue weighted by molar-refractivity contribution is 0.301. The number of nitrogens with two attached hydrogens (primary N) is 1. The summed E-state index contributed by atoms with van der Waals surface area (Å²) >= 11 is 0. The minimum Gasteiger partial charge on any atom is -0.487 e. The Hall–Kier alpha value is -2.49. The van der Waals surface area contributed by atoms with Crippen LogP contribution < -0.4 is 10.5 Å². The molecule has 0 bridgehead atoms. The van der Waals surface area contributed by atoms with Gasteiger partial charge in [0.2, 0.25) is 0 Å². The van der Waals surface area contributed by atoms with Gasteiger partial charge in [0.25, 0.3) is 0 Å². The highest BCUT2D eigenvalue weighted by molar-refractivity contribution is 5.81. The van der Waals surface area contributed by atoms with Crippen LogP contribution in [0.2, 0.25) is 0 Å². The monoisotopic (exact) mass is 267 g/mol. The zero-order valence-corrected chi connectivity index (χ0v) is 11.6. The fourth-order valence-corrected chi connectivity index (χ4v) is 2.28. The van der Waals surface area contributed by atoms with Crippen LogP contribution in [-0.4, -0.2) is 9.78 Å². The topological polar surface area (TPSA) is 53.1 Å². The molecular formula is C16H17N3O. The third-order valence-corrected chi connectivity index (χ3v) is 3.45. The molecule has 0 saturated carbocycles. The lowest BCUT2D eigenvalue weighted by Gasteiger charge is -2.07. The molecular weight excluding hydrogens is 250 g/mol. The van der Waals surface area contributed by atoms with Crippen molar-refractivity contribution in [2.45, 2.75) is 13.5 Å². The first-order valence-electron chi connectivity index (χ1n) is 6.54. The molecule has 102 valence electrons. The van der Waals surface area contributed by atoms with Gasteiger partial charge >= 0.3 is 0 Å². The van der Waals surface area contributed by atoms with E-state index in [2.05, 4.69) is 17.2 Å². The van der Waals surface area contributed by atoms with Gasteiger partial charge in [-0.1, -0.05) is 18.2 Å². The number of hydrogen-bond donors (Lipinski definition) is 1. The van der Waals surface area contributed by atoms with Gasteiger partial charge in [-0.2, -0.15) is 5.10 Å². The second kappa shape index (κ2) is 4.89. The van der Waals surface area contributed by atoms with Crippen molar-refractivity contribution in [3.63, 3.8) is 0 Å². The number of anilines is 1. The Bertz CT molecular complexity index is 762. The van der Waals surface area contributed by atoms with Crippen LogP contribution in [0.5, 0.6) is 5.75 Å². The largest absolute Gasteiger partial charge is 0.487 e. The first kappa shape index (κ1) is 12.5. The van der Waals surface area contributed by atoms with Gasteiger partial charge in [0.15, 0.2) is 0 Å². The molecule has 0 aliphatic carbocycles. The summed E-state index contributed by atoms with van der Waals surface area (Å²) in [6.07, 6.45) is 0. The molecule has 0 fully saturated rings. The Labute approximate surface area is 117 Å². The number of aromatic nitrogens is 2. The van der Waals surface area contributed by atoms with Gasteiger partial charge in [-0.15, -0.1) is 0 Å². The molecule has 0 unspecified atom stereocenters. The second-order valence-corrected chi connectivity index (χ2v) is 4.89. The highest BCUT2D eigenvalue weighted by Crippen LogP contribution is 2.22. The van der Waals surface area contributed by atoms with Crippen LogP contribution >= 0.6 is 0 Å². The van der Waals surface area contributed by atoms with Gasteiger partial charge in [0, 0.05) is 18.1 Å². The molecule has 1 heterocycles. The summed E-state index contributed by atoms with van der Waals surface area (Å²) in [7, 11) is 1.94. The Balaban J connectivity index is 1.85. The van der Waals surface area contributed by atoms with Crippen LogP contribution in [0, 0.1) is 6.92 Å². The van der Waals surface area contributed by atoms with E-state index in [0.29, 0.717) is 6.61 Å². The van der Waals surface area contributed by atoms with E-state index in [1.165, 1.54) is 0 Å². The SMILES string of the molecule is Cc1cc(OCc2nn(C)c3ccccc23)ccc1N. The number of ether oxygens (including phenoxy) is 1. The van der Waals surface area contributed by atoms with E-state index in [4.69, 9.17) is 10.5 Å². The molecule has 0 saturated heterocycles. The quantitative estimate of drug-likeness (QED) is 0.742. The third kappa shape index (κ3) is 2.20. The van der Waals surface area contributed by atoms with Crippen molar-refractivity contribution in [3.8, 4) is 5.75 Å². The second-order valence-electron chi connectivity index (χ2n) is 4.89. The standard InChI is InChI=1S/C16H17N3O/c1-11-9-12(7-8-14(11)17)20-10-15-13-5-3-4-6-16(13)19(2)18-15/h3-9H,10,17H2,1-2H3. The Morgan fingerprint density at radius 1 is 1.20 bits per heavy atom. The van der Waals surface area contributed by atoms with Crippen molar-refractivity contribution in [1.82, 2.24) is 9.78 Å². The highest BCUT2D eigenvalue weighted by atomic mass is 16.5. The smallest absolute Gasteiger partial charge is 0.133 e. The lowest BCUT2D eigenvalue weighted by atomic mass is 10.2. The zero-order valence-electron chi connectivity index (χ0n) is 11.6. The molecule has 3 aromatic rings. The number of benzene rings is 2. The molecule has 0 amide bonds. The maximum Gasteiger partial charge on any atom is 0.133 e. The van der Waals surface area contributed by atoms with Crippen molar-refractivity contribution in [1.29, 1.82) is 0 Å². The maximum atomic E-state index is 5.82. The summed E-state index contributed by atoms with van der Waals surface area (Å²) in [4.78, 5) is 0. The molecule has 3 rings (SSSR count). The number of rotatable bonds is 3. The predicted molar refractivity (Wildman–Crippen MR) is 80.6 cm³/mol. The number of fused-ring (bicyclic) bond motifs is 1. The summed E-state index contributed by atoms with van der Waals surface area (Å²) in [5.41, 5.74) is 9.66. The van der Waals surface area contributed by atoms with Crippen LogP contribution in [0.1, 0.15) is 11.3 Å². The average molecular weight is 267 g/mol. The third-order valence-electron chi connectivity index (χ3n) is 3.45. The Morgan fingerprint density at radius 2 is 2.00 bits per heavy atom. The summed E-state index contributed by atoms with van der Waals surface area (Å²) in [6.45, 7) is 2.42. The molecule has 0 aliphatic heterocycles. The molecule has 0 atom stereocenters. The van der Waals surface area contributed by atoms with Gasteiger partial charge in [0.1, 0.15) is 18.1 Å². The van der Waals surface area contributed by atoms with Crippen molar-refractivity contribution in [3.05, 3.63) is 53.7 Å². The van der Waals surface area contributed by atoms with Gasteiger partial charge < -0.3 is 10.5 Å². The summed E-state index contributed by atoms with van der Waals surface area (Å²) in [6, 6.07) is 13.8. The normalized spacial score (nSPS) is 10.9. The molecule has 0 aliphatic rings. The zero-order chi connectivity index (χ0) is 14.1. The van der Waals surface area contributed by atoms with Crippen LogP contribution in [0.25, 0.3) is 10.9 Å². The van der Waals surface area contributed by atoms with E-state index in [1.807, 2.05) is 49.0 Å². The molecule has 2 aromatic carbocycles. The van der Waals surface area contributed by atoms with Crippen LogP contribution in [0.15, 0.2) is 42.5 Å². The van der Waals surface area contributed by atoms with Gasteiger partial charge in [-0.05, 0) is 36.8 Å². The van der Waals surface area contributed by atoms with Gasteiger partial charge in [0.05, 0.1) is 5.52 Å². The molecule has 2 N–H and O–H groups in total. The number of para-hydroxylation sites is 1. The fraction of sp³-hybridized carbons (Fsp3) is 0.188. The summed E-state index contributed by atoms with van der Waals surface area (Å²) in [5, 5.41) is 5.64.